The number of ether oxygens (including phenoxy) is 1. The fraction of sp³-hybridized carbons (Fsp3) is 1.00. The number of morpholine rings is 1. The largest absolute Gasteiger partial charge is 0.379 e. The molecule has 0 bridgehead atoms. The Balaban J connectivity index is 2.13. The van der Waals surface area contributed by atoms with Gasteiger partial charge in [-0.1, -0.05) is 0 Å². The van der Waals surface area contributed by atoms with Crippen LogP contribution in [0.4, 0.5) is 0 Å². The lowest BCUT2D eigenvalue weighted by Gasteiger charge is -2.31. The molecule has 0 aliphatic carbocycles. The first-order valence-corrected chi connectivity index (χ1v) is 7.04. The normalized spacial score (nSPS) is 20.4. The molecule has 1 unspecified atom stereocenters. The van der Waals surface area contributed by atoms with Crippen molar-refractivity contribution in [2.24, 2.45) is 5.73 Å². The first-order chi connectivity index (χ1) is 7.36. The fourth-order valence-corrected chi connectivity index (χ4v) is 2.12. The molecule has 4 nitrogen and oxygen atoms in total. The molecule has 1 atom stereocenters. The summed E-state index contributed by atoms with van der Waals surface area (Å²) in [5, 5.41) is 2.24. The molecule has 0 radical (unpaired) electrons. The van der Waals surface area contributed by atoms with Gasteiger partial charge < -0.3 is 10.5 Å². The average molecular weight is 233 g/mol. The van der Waals surface area contributed by atoms with Crippen molar-refractivity contribution in [3.63, 3.8) is 0 Å². The van der Waals surface area contributed by atoms with Gasteiger partial charge in [0.25, 0.3) is 0 Å². The van der Waals surface area contributed by atoms with Crippen LogP contribution in [0.1, 0.15) is 12.8 Å². The standard InChI is InChI=1S/C10H23N3OS/c1-15-8-2-3-10(9-11)12-13-4-6-14-7-5-13/h10,12H,2-9,11H2,1H3. The molecule has 1 heterocycles. The van der Waals surface area contributed by atoms with Crippen molar-refractivity contribution in [2.75, 3.05) is 44.9 Å². The summed E-state index contributed by atoms with van der Waals surface area (Å²) in [4.78, 5) is 0. The van der Waals surface area contributed by atoms with E-state index in [-0.39, 0.29) is 0 Å². The smallest absolute Gasteiger partial charge is 0.0608 e. The number of nitrogens with zero attached hydrogens (tertiary/aromatic N) is 1. The van der Waals surface area contributed by atoms with Crippen LogP contribution in [0.15, 0.2) is 0 Å². The molecule has 0 aromatic heterocycles. The Morgan fingerprint density at radius 3 is 2.80 bits per heavy atom. The predicted molar refractivity (Wildman–Crippen MR) is 66.0 cm³/mol. The lowest BCUT2D eigenvalue weighted by molar-refractivity contribution is 0.00359. The zero-order chi connectivity index (χ0) is 10.9. The van der Waals surface area contributed by atoms with Crippen molar-refractivity contribution in [1.82, 2.24) is 10.4 Å². The molecular weight excluding hydrogens is 210 g/mol. The van der Waals surface area contributed by atoms with Crippen LogP contribution in [0.2, 0.25) is 0 Å². The van der Waals surface area contributed by atoms with Crippen molar-refractivity contribution in [1.29, 1.82) is 0 Å². The Labute approximate surface area is 96.9 Å². The number of rotatable bonds is 7. The predicted octanol–water partition coefficient (Wildman–Crippen LogP) is 0.294. The SMILES string of the molecule is CSCCCC(CN)NN1CCOCC1. The Kier molecular flexibility index (Phi) is 7.38. The summed E-state index contributed by atoms with van der Waals surface area (Å²) in [7, 11) is 0. The number of thioether (sulfide) groups is 1. The van der Waals surface area contributed by atoms with Crippen LogP contribution in [0.25, 0.3) is 0 Å². The summed E-state index contributed by atoms with van der Waals surface area (Å²) in [6, 6.07) is 0.426. The van der Waals surface area contributed by atoms with E-state index in [1.807, 2.05) is 11.8 Å². The third-order valence-electron chi connectivity index (χ3n) is 2.56. The van der Waals surface area contributed by atoms with Crippen LogP contribution < -0.4 is 11.2 Å². The highest BCUT2D eigenvalue weighted by Crippen LogP contribution is 2.04. The molecule has 1 fully saturated rings. The van der Waals surface area contributed by atoms with E-state index in [0.717, 1.165) is 32.7 Å². The van der Waals surface area contributed by atoms with Gasteiger partial charge in [0.15, 0.2) is 0 Å². The third kappa shape index (κ3) is 5.73. The van der Waals surface area contributed by atoms with Gasteiger partial charge in [0.05, 0.1) is 13.2 Å². The van der Waals surface area contributed by atoms with Crippen molar-refractivity contribution in [3.8, 4) is 0 Å². The minimum absolute atomic E-state index is 0.426. The third-order valence-corrected chi connectivity index (χ3v) is 3.26. The van der Waals surface area contributed by atoms with Crippen molar-refractivity contribution < 1.29 is 4.74 Å². The minimum Gasteiger partial charge on any atom is -0.379 e. The van der Waals surface area contributed by atoms with Gasteiger partial charge in [-0.15, -0.1) is 0 Å². The average Bonchev–Trinajstić information content (AvgIpc) is 2.29. The van der Waals surface area contributed by atoms with E-state index in [0.29, 0.717) is 12.6 Å². The molecule has 1 rings (SSSR count). The fourth-order valence-electron chi connectivity index (χ4n) is 1.66. The van der Waals surface area contributed by atoms with Crippen molar-refractivity contribution in [2.45, 2.75) is 18.9 Å². The number of hydrogen-bond donors (Lipinski definition) is 2. The Hall–Kier alpha value is 0.190. The molecule has 1 aliphatic heterocycles. The second-order valence-electron chi connectivity index (χ2n) is 3.80. The molecule has 5 heteroatoms. The lowest BCUT2D eigenvalue weighted by atomic mass is 10.2. The monoisotopic (exact) mass is 233 g/mol. The van der Waals surface area contributed by atoms with Gasteiger partial charge in [0.2, 0.25) is 0 Å². The second kappa shape index (κ2) is 8.35. The minimum atomic E-state index is 0.426. The van der Waals surface area contributed by atoms with E-state index in [2.05, 4.69) is 16.7 Å². The van der Waals surface area contributed by atoms with Gasteiger partial charge in [-0.3, -0.25) is 5.43 Å². The van der Waals surface area contributed by atoms with E-state index < -0.39 is 0 Å². The second-order valence-corrected chi connectivity index (χ2v) is 4.78. The lowest BCUT2D eigenvalue weighted by Crippen LogP contribution is -2.52. The summed E-state index contributed by atoms with van der Waals surface area (Å²) in [6.07, 6.45) is 4.54. The van der Waals surface area contributed by atoms with Crippen LogP contribution in [0.5, 0.6) is 0 Å². The van der Waals surface area contributed by atoms with Crippen LogP contribution in [0, 0.1) is 0 Å². The Bertz CT molecular complexity index is 154. The maximum absolute atomic E-state index is 5.74. The molecule has 90 valence electrons. The van der Waals surface area contributed by atoms with Crippen LogP contribution in [-0.4, -0.2) is 55.9 Å². The van der Waals surface area contributed by atoms with E-state index in [1.54, 1.807) is 0 Å². The molecule has 0 aromatic carbocycles. The van der Waals surface area contributed by atoms with Gasteiger partial charge >= 0.3 is 0 Å². The molecule has 3 N–H and O–H groups in total. The quantitative estimate of drug-likeness (QED) is 0.619. The number of nitrogens with two attached hydrogens (primary N) is 1. The van der Waals surface area contributed by atoms with Gasteiger partial charge in [0.1, 0.15) is 0 Å². The summed E-state index contributed by atoms with van der Waals surface area (Å²) in [6.45, 7) is 4.31. The van der Waals surface area contributed by atoms with E-state index >= 15 is 0 Å². The van der Waals surface area contributed by atoms with Crippen molar-refractivity contribution in [3.05, 3.63) is 0 Å². The van der Waals surface area contributed by atoms with Crippen LogP contribution >= 0.6 is 11.8 Å². The highest BCUT2D eigenvalue weighted by Gasteiger charge is 2.14. The Morgan fingerprint density at radius 2 is 2.20 bits per heavy atom. The molecule has 15 heavy (non-hydrogen) atoms. The molecule has 0 spiro atoms. The van der Waals surface area contributed by atoms with Gasteiger partial charge in [0, 0.05) is 25.7 Å². The molecule has 1 aliphatic rings. The molecular formula is C10H23N3OS. The molecule has 0 aromatic rings. The van der Waals surface area contributed by atoms with Gasteiger partial charge in [-0.2, -0.15) is 11.8 Å². The Morgan fingerprint density at radius 1 is 1.47 bits per heavy atom. The number of nitrogens with one attached hydrogen (secondary N) is 1. The van der Waals surface area contributed by atoms with E-state index in [9.17, 15) is 0 Å². The highest BCUT2D eigenvalue weighted by atomic mass is 32.2. The topological polar surface area (TPSA) is 50.5 Å². The molecule has 0 amide bonds. The van der Waals surface area contributed by atoms with Gasteiger partial charge in [-0.25, -0.2) is 5.01 Å². The number of hydrogen-bond acceptors (Lipinski definition) is 5. The van der Waals surface area contributed by atoms with E-state index in [1.165, 1.54) is 12.2 Å². The maximum atomic E-state index is 5.74. The van der Waals surface area contributed by atoms with Crippen LogP contribution in [0.3, 0.4) is 0 Å². The zero-order valence-corrected chi connectivity index (χ0v) is 10.4. The van der Waals surface area contributed by atoms with Crippen molar-refractivity contribution >= 4 is 11.8 Å². The summed E-state index contributed by atoms with van der Waals surface area (Å²) in [5.41, 5.74) is 9.23. The summed E-state index contributed by atoms with van der Waals surface area (Å²) in [5.74, 6) is 1.22. The first-order valence-electron chi connectivity index (χ1n) is 5.64. The van der Waals surface area contributed by atoms with E-state index in [4.69, 9.17) is 10.5 Å². The summed E-state index contributed by atoms with van der Waals surface area (Å²) < 4.78 is 5.30. The maximum Gasteiger partial charge on any atom is 0.0608 e. The summed E-state index contributed by atoms with van der Waals surface area (Å²) >= 11 is 1.90. The van der Waals surface area contributed by atoms with Gasteiger partial charge in [-0.05, 0) is 24.9 Å². The number of hydrazine groups is 1. The molecule has 0 saturated carbocycles. The van der Waals surface area contributed by atoms with Crippen LogP contribution in [-0.2, 0) is 4.74 Å². The first kappa shape index (κ1) is 13.3. The highest BCUT2D eigenvalue weighted by molar-refractivity contribution is 7.98. The molecule has 1 saturated heterocycles. The zero-order valence-electron chi connectivity index (χ0n) is 9.58.